The highest BCUT2D eigenvalue weighted by Crippen LogP contribution is 2.09. The fourth-order valence-corrected chi connectivity index (χ4v) is 1.56. The van der Waals surface area contributed by atoms with Gasteiger partial charge in [0.1, 0.15) is 0 Å². The van der Waals surface area contributed by atoms with Gasteiger partial charge in [-0.1, -0.05) is 24.3 Å². The highest BCUT2D eigenvalue weighted by molar-refractivity contribution is 5.27. The van der Waals surface area contributed by atoms with Gasteiger partial charge in [-0.05, 0) is 38.4 Å². The second-order valence-electron chi connectivity index (χ2n) is 4.30. The Labute approximate surface area is 93.1 Å². The third kappa shape index (κ3) is 3.65. The summed E-state index contributed by atoms with van der Waals surface area (Å²) in [6.45, 7) is 6.17. The minimum atomic E-state index is 0.607. The number of hydrogen-bond donors (Lipinski definition) is 1. The molecule has 84 valence electrons. The van der Waals surface area contributed by atoms with Crippen LogP contribution in [0.2, 0.25) is 0 Å². The minimum absolute atomic E-state index is 0.607. The van der Waals surface area contributed by atoms with E-state index in [0.29, 0.717) is 12.6 Å². The topological polar surface area (TPSA) is 29.3 Å². The number of rotatable bonds is 5. The summed E-state index contributed by atoms with van der Waals surface area (Å²) in [5, 5.41) is 0. The normalized spacial score (nSPS) is 11.3. The lowest BCUT2D eigenvalue weighted by molar-refractivity contribution is 0.277. The van der Waals surface area contributed by atoms with Crippen molar-refractivity contribution in [1.29, 1.82) is 0 Å². The van der Waals surface area contributed by atoms with Crippen LogP contribution in [-0.2, 0) is 13.0 Å². The van der Waals surface area contributed by atoms with Gasteiger partial charge in [-0.3, -0.25) is 0 Å². The molecule has 0 bridgehead atoms. The van der Waals surface area contributed by atoms with Crippen molar-refractivity contribution < 1.29 is 0 Å². The van der Waals surface area contributed by atoms with Crippen LogP contribution in [0.5, 0.6) is 0 Å². The standard InChI is InChI=1S/C13H22N2/c1-11(2)15(3)9-8-12-6-4-5-7-13(12)10-14/h4-7,11H,8-10,14H2,1-3H3. The van der Waals surface area contributed by atoms with Crippen molar-refractivity contribution in [3.63, 3.8) is 0 Å². The van der Waals surface area contributed by atoms with E-state index in [4.69, 9.17) is 5.73 Å². The minimum Gasteiger partial charge on any atom is -0.326 e. The first-order valence-corrected chi connectivity index (χ1v) is 5.62. The molecule has 0 atom stereocenters. The molecule has 0 radical (unpaired) electrons. The average molecular weight is 206 g/mol. The highest BCUT2D eigenvalue weighted by atomic mass is 15.1. The van der Waals surface area contributed by atoms with Crippen molar-refractivity contribution in [3.05, 3.63) is 35.4 Å². The molecule has 0 aliphatic heterocycles. The van der Waals surface area contributed by atoms with E-state index in [9.17, 15) is 0 Å². The smallest absolute Gasteiger partial charge is 0.0180 e. The molecule has 0 heterocycles. The first-order chi connectivity index (χ1) is 7.15. The highest BCUT2D eigenvalue weighted by Gasteiger charge is 2.05. The molecule has 2 nitrogen and oxygen atoms in total. The molecule has 0 unspecified atom stereocenters. The van der Waals surface area contributed by atoms with Gasteiger partial charge in [0, 0.05) is 19.1 Å². The third-order valence-corrected chi connectivity index (χ3v) is 2.95. The summed E-state index contributed by atoms with van der Waals surface area (Å²) in [5.74, 6) is 0. The van der Waals surface area contributed by atoms with Crippen LogP contribution < -0.4 is 5.73 Å². The van der Waals surface area contributed by atoms with Gasteiger partial charge in [-0.25, -0.2) is 0 Å². The molecule has 2 heteroatoms. The molecular formula is C13H22N2. The van der Waals surface area contributed by atoms with E-state index in [1.807, 2.05) is 0 Å². The Morgan fingerprint density at radius 1 is 1.20 bits per heavy atom. The maximum atomic E-state index is 5.70. The first kappa shape index (κ1) is 12.2. The molecule has 2 N–H and O–H groups in total. The van der Waals surface area contributed by atoms with Crippen LogP contribution >= 0.6 is 0 Å². The fraction of sp³-hybridized carbons (Fsp3) is 0.538. The summed E-state index contributed by atoms with van der Waals surface area (Å²) in [5.41, 5.74) is 8.36. The van der Waals surface area contributed by atoms with Gasteiger partial charge in [0.25, 0.3) is 0 Å². The number of likely N-dealkylation sites (N-methyl/N-ethyl adjacent to an activating group) is 1. The van der Waals surface area contributed by atoms with Gasteiger partial charge >= 0.3 is 0 Å². The molecule has 0 saturated heterocycles. The first-order valence-electron chi connectivity index (χ1n) is 5.62. The quantitative estimate of drug-likeness (QED) is 0.798. The van der Waals surface area contributed by atoms with Gasteiger partial charge < -0.3 is 10.6 Å². The summed E-state index contributed by atoms with van der Waals surface area (Å²) in [4.78, 5) is 2.35. The van der Waals surface area contributed by atoms with E-state index in [1.165, 1.54) is 11.1 Å². The van der Waals surface area contributed by atoms with Crippen LogP contribution in [-0.4, -0.2) is 24.5 Å². The second-order valence-corrected chi connectivity index (χ2v) is 4.30. The van der Waals surface area contributed by atoms with E-state index in [2.05, 4.69) is 50.1 Å². The maximum absolute atomic E-state index is 5.70. The van der Waals surface area contributed by atoms with E-state index < -0.39 is 0 Å². The lowest BCUT2D eigenvalue weighted by Crippen LogP contribution is -2.28. The monoisotopic (exact) mass is 206 g/mol. The van der Waals surface area contributed by atoms with E-state index in [1.54, 1.807) is 0 Å². The van der Waals surface area contributed by atoms with E-state index in [0.717, 1.165) is 13.0 Å². The van der Waals surface area contributed by atoms with Crippen LogP contribution in [0.3, 0.4) is 0 Å². The molecule has 0 amide bonds. The molecule has 0 aromatic heterocycles. The maximum Gasteiger partial charge on any atom is 0.0180 e. The molecule has 0 aliphatic rings. The molecule has 0 aliphatic carbocycles. The van der Waals surface area contributed by atoms with Crippen molar-refractivity contribution in [2.45, 2.75) is 32.9 Å². The molecule has 0 fully saturated rings. The predicted octanol–water partition coefficient (Wildman–Crippen LogP) is 2.03. The van der Waals surface area contributed by atoms with Crippen LogP contribution in [0.25, 0.3) is 0 Å². The number of nitrogens with two attached hydrogens (primary N) is 1. The Balaban J connectivity index is 2.57. The molecule has 0 saturated carbocycles. The zero-order valence-electron chi connectivity index (χ0n) is 10.0. The molecule has 15 heavy (non-hydrogen) atoms. The third-order valence-electron chi connectivity index (χ3n) is 2.95. The van der Waals surface area contributed by atoms with Crippen molar-refractivity contribution in [2.75, 3.05) is 13.6 Å². The zero-order valence-corrected chi connectivity index (χ0v) is 10.0. The molecule has 1 aromatic carbocycles. The lowest BCUT2D eigenvalue weighted by atomic mass is 10.0. The molecule has 0 spiro atoms. The Morgan fingerprint density at radius 2 is 1.80 bits per heavy atom. The Morgan fingerprint density at radius 3 is 2.33 bits per heavy atom. The summed E-state index contributed by atoms with van der Waals surface area (Å²) in [7, 11) is 2.16. The van der Waals surface area contributed by atoms with Gasteiger partial charge in [0.15, 0.2) is 0 Å². The van der Waals surface area contributed by atoms with Gasteiger partial charge in [-0.15, -0.1) is 0 Å². The van der Waals surface area contributed by atoms with Gasteiger partial charge in [0.05, 0.1) is 0 Å². The zero-order chi connectivity index (χ0) is 11.3. The van der Waals surface area contributed by atoms with E-state index in [-0.39, 0.29) is 0 Å². The average Bonchev–Trinajstić information content (AvgIpc) is 2.26. The SMILES string of the molecule is CC(C)N(C)CCc1ccccc1CN. The summed E-state index contributed by atoms with van der Waals surface area (Å²) in [6, 6.07) is 9.04. The Kier molecular flexibility index (Phi) is 4.79. The van der Waals surface area contributed by atoms with Crippen molar-refractivity contribution in [1.82, 2.24) is 4.90 Å². The van der Waals surface area contributed by atoms with Crippen LogP contribution in [0.15, 0.2) is 24.3 Å². The second kappa shape index (κ2) is 5.89. The van der Waals surface area contributed by atoms with Crippen molar-refractivity contribution in [2.24, 2.45) is 5.73 Å². The Hall–Kier alpha value is -0.860. The van der Waals surface area contributed by atoms with Crippen molar-refractivity contribution >= 4 is 0 Å². The number of benzene rings is 1. The molecular weight excluding hydrogens is 184 g/mol. The number of hydrogen-bond acceptors (Lipinski definition) is 2. The number of nitrogens with zero attached hydrogens (tertiary/aromatic N) is 1. The molecule has 1 rings (SSSR count). The molecule has 1 aromatic rings. The van der Waals surface area contributed by atoms with Gasteiger partial charge in [0.2, 0.25) is 0 Å². The van der Waals surface area contributed by atoms with E-state index >= 15 is 0 Å². The summed E-state index contributed by atoms with van der Waals surface area (Å²) >= 11 is 0. The summed E-state index contributed by atoms with van der Waals surface area (Å²) in [6.07, 6.45) is 1.09. The van der Waals surface area contributed by atoms with Crippen LogP contribution in [0, 0.1) is 0 Å². The summed E-state index contributed by atoms with van der Waals surface area (Å²) < 4.78 is 0. The van der Waals surface area contributed by atoms with Crippen LogP contribution in [0.1, 0.15) is 25.0 Å². The van der Waals surface area contributed by atoms with Gasteiger partial charge in [-0.2, -0.15) is 0 Å². The lowest BCUT2D eigenvalue weighted by Gasteiger charge is -2.21. The van der Waals surface area contributed by atoms with Crippen LogP contribution in [0.4, 0.5) is 0 Å². The Bertz CT molecular complexity index is 294. The fourth-order valence-electron chi connectivity index (χ4n) is 1.56. The van der Waals surface area contributed by atoms with Crippen molar-refractivity contribution in [3.8, 4) is 0 Å². The predicted molar refractivity (Wildman–Crippen MR) is 65.8 cm³/mol. The largest absolute Gasteiger partial charge is 0.326 e.